The van der Waals surface area contributed by atoms with E-state index < -0.39 is 0 Å². The normalized spacial score (nSPS) is 12.7. The van der Waals surface area contributed by atoms with Crippen LogP contribution >= 0.6 is 0 Å². The van der Waals surface area contributed by atoms with Crippen LogP contribution in [0.3, 0.4) is 0 Å². The summed E-state index contributed by atoms with van der Waals surface area (Å²) in [6, 6.07) is 16.7. The quantitative estimate of drug-likeness (QED) is 0.526. The van der Waals surface area contributed by atoms with Gasteiger partial charge >= 0.3 is 6.09 Å². The van der Waals surface area contributed by atoms with Crippen LogP contribution in [0.4, 0.5) is 4.79 Å². The van der Waals surface area contributed by atoms with Gasteiger partial charge < -0.3 is 10.1 Å². The lowest BCUT2D eigenvalue weighted by atomic mass is 9.98. The van der Waals surface area contributed by atoms with E-state index in [0.717, 1.165) is 24.9 Å². The van der Waals surface area contributed by atoms with Gasteiger partial charge in [-0.1, -0.05) is 67.6 Å². The number of aryl methyl sites for hydroxylation is 1. The number of carbonyl (C=O) groups excluding carboxylic acids is 1. The van der Waals surface area contributed by atoms with Crippen LogP contribution in [0, 0.1) is 0 Å². The van der Waals surface area contributed by atoms with Crippen LogP contribution in [-0.2, 0) is 11.3 Å². The average Bonchev–Trinajstić information content (AvgIpc) is 3.34. The maximum Gasteiger partial charge on any atom is 0.407 e. The van der Waals surface area contributed by atoms with Crippen LogP contribution in [0.1, 0.15) is 42.4 Å². The monoisotopic (exact) mass is 401 g/mol. The van der Waals surface area contributed by atoms with E-state index in [9.17, 15) is 4.79 Å². The molecule has 2 aromatic carbocycles. The van der Waals surface area contributed by atoms with Crippen LogP contribution in [0.2, 0.25) is 0 Å². The molecule has 5 nitrogen and oxygen atoms in total. The number of amides is 1. The highest BCUT2D eigenvalue weighted by Crippen LogP contribution is 2.44. The van der Waals surface area contributed by atoms with Gasteiger partial charge in [-0.2, -0.15) is 5.10 Å². The highest BCUT2D eigenvalue weighted by Gasteiger charge is 2.28. The molecule has 0 radical (unpaired) electrons. The SMILES string of the molecule is CCCn1cc(C=CCCNC(=O)OCC2c3ccccc3-c3ccccc32)cn1. The zero-order chi connectivity index (χ0) is 20.8. The largest absolute Gasteiger partial charge is 0.449 e. The summed E-state index contributed by atoms with van der Waals surface area (Å²) in [5, 5.41) is 7.14. The first-order valence-corrected chi connectivity index (χ1v) is 10.5. The Bertz CT molecular complexity index is 993. The van der Waals surface area contributed by atoms with Gasteiger partial charge in [0, 0.05) is 30.8 Å². The van der Waals surface area contributed by atoms with Crippen molar-refractivity contribution in [3.8, 4) is 11.1 Å². The number of hydrogen-bond acceptors (Lipinski definition) is 3. The maximum atomic E-state index is 12.2. The van der Waals surface area contributed by atoms with E-state index in [0.29, 0.717) is 13.2 Å². The molecule has 4 rings (SSSR count). The number of nitrogens with zero attached hydrogens (tertiary/aromatic N) is 2. The number of hydrogen-bond donors (Lipinski definition) is 1. The Morgan fingerprint density at radius 2 is 1.83 bits per heavy atom. The van der Waals surface area contributed by atoms with E-state index in [2.05, 4.69) is 41.6 Å². The van der Waals surface area contributed by atoms with E-state index in [1.54, 1.807) is 0 Å². The van der Waals surface area contributed by atoms with Crippen molar-refractivity contribution in [1.82, 2.24) is 15.1 Å². The molecule has 1 aliphatic carbocycles. The zero-order valence-electron chi connectivity index (χ0n) is 17.3. The lowest BCUT2D eigenvalue weighted by Gasteiger charge is -2.14. The minimum atomic E-state index is -0.374. The number of alkyl carbamates (subject to hydrolysis) is 1. The summed E-state index contributed by atoms with van der Waals surface area (Å²) in [6.45, 7) is 3.94. The summed E-state index contributed by atoms with van der Waals surface area (Å²) >= 11 is 0. The van der Waals surface area contributed by atoms with E-state index in [1.165, 1.54) is 22.3 Å². The first-order valence-electron chi connectivity index (χ1n) is 10.5. The third-order valence-corrected chi connectivity index (χ3v) is 5.34. The second-order valence-electron chi connectivity index (χ2n) is 7.48. The molecule has 0 spiro atoms. The fraction of sp³-hybridized carbons (Fsp3) is 0.280. The van der Waals surface area contributed by atoms with Crippen molar-refractivity contribution in [1.29, 1.82) is 0 Å². The van der Waals surface area contributed by atoms with Gasteiger partial charge in [-0.05, 0) is 35.1 Å². The molecule has 1 aliphatic rings. The molecule has 0 atom stereocenters. The van der Waals surface area contributed by atoms with Gasteiger partial charge in [0.25, 0.3) is 0 Å². The van der Waals surface area contributed by atoms with Crippen molar-refractivity contribution < 1.29 is 9.53 Å². The summed E-state index contributed by atoms with van der Waals surface area (Å²) in [6.07, 6.45) is 9.37. The minimum absolute atomic E-state index is 0.0858. The van der Waals surface area contributed by atoms with Crippen LogP contribution in [0.5, 0.6) is 0 Å². The topological polar surface area (TPSA) is 56.2 Å². The second kappa shape index (κ2) is 9.44. The first-order chi connectivity index (χ1) is 14.8. The summed E-state index contributed by atoms with van der Waals surface area (Å²) in [4.78, 5) is 12.2. The predicted octanol–water partition coefficient (Wildman–Crippen LogP) is 5.24. The Morgan fingerprint density at radius 1 is 1.13 bits per heavy atom. The molecule has 30 heavy (non-hydrogen) atoms. The Balaban J connectivity index is 1.25. The molecule has 0 unspecified atom stereocenters. The molecule has 1 amide bonds. The van der Waals surface area contributed by atoms with Gasteiger partial charge in [0.05, 0.1) is 6.20 Å². The molecule has 1 N–H and O–H groups in total. The fourth-order valence-electron chi connectivity index (χ4n) is 3.94. The molecule has 1 heterocycles. The van der Waals surface area contributed by atoms with Crippen molar-refractivity contribution in [3.05, 3.63) is 83.7 Å². The van der Waals surface area contributed by atoms with Crippen LogP contribution in [-0.4, -0.2) is 29.0 Å². The van der Waals surface area contributed by atoms with Crippen LogP contribution in [0.25, 0.3) is 17.2 Å². The Kier molecular flexibility index (Phi) is 6.28. The third kappa shape index (κ3) is 4.46. The van der Waals surface area contributed by atoms with E-state index in [1.807, 2.05) is 53.5 Å². The Morgan fingerprint density at radius 3 is 2.53 bits per heavy atom. The van der Waals surface area contributed by atoms with Gasteiger partial charge in [0.15, 0.2) is 0 Å². The lowest BCUT2D eigenvalue weighted by molar-refractivity contribution is 0.143. The molecule has 5 heteroatoms. The van der Waals surface area contributed by atoms with Crippen LogP contribution in [0.15, 0.2) is 67.0 Å². The second-order valence-corrected chi connectivity index (χ2v) is 7.48. The van der Waals surface area contributed by atoms with Gasteiger partial charge in [0.1, 0.15) is 6.61 Å². The van der Waals surface area contributed by atoms with Crippen molar-refractivity contribution in [2.75, 3.05) is 13.2 Å². The van der Waals surface area contributed by atoms with Gasteiger partial charge in [-0.25, -0.2) is 4.79 Å². The number of benzene rings is 2. The van der Waals surface area contributed by atoms with Crippen molar-refractivity contribution in [2.45, 2.75) is 32.2 Å². The number of fused-ring (bicyclic) bond motifs is 3. The minimum Gasteiger partial charge on any atom is -0.449 e. The highest BCUT2D eigenvalue weighted by molar-refractivity contribution is 5.79. The molecule has 154 valence electrons. The van der Waals surface area contributed by atoms with E-state index >= 15 is 0 Å². The summed E-state index contributed by atoms with van der Waals surface area (Å²) in [5.74, 6) is 0.0858. The van der Waals surface area contributed by atoms with Gasteiger partial charge in [-0.3, -0.25) is 4.68 Å². The van der Waals surface area contributed by atoms with Crippen molar-refractivity contribution in [2.24, 2.45) is 0 Å². The standard InChI is InChI=1S/C25H27N3O2/c1-2-15-28-17-19(16-27-28)9-7-8-14-26-25(29)30-18-24-22-12-5-3-10-20(22)21-11-4-6-13-23(21)24/h3-7,9-13,16-17,24H,2,8,14-15,18H2,1H3,(H,26,29). The molecular weight excluding hydrogens is 374 g/mol. The number of nitrogens with one attached hydrogen (secondary N) is 1. The molecule has 0 saturated heterocycles. The highest BCUT2D eigenvalue weighted by atomic mass is 16.5. The first kappa shape index (κ1) is 20.0. The molecule has 3 aromatic rings. The number of ether oxygens (including phenoxy) is 1. The Labute approximate surface area is 177 Å². The third-order valence-electron chi connectivity index (χ3n) is 5.34. The average molecular weight is 402 g/mol. The van der Waals surface area contributed by atoms with Gasteiger partial charge in [-0.15, -0.1) is 0 Å². The number of carbonyl (C=O) groups is 1. The molecule has 0 fully saturated rings. The maximum absolute atomic E-state index is 12.2. The molecule has 1 aromatic heterocycles. The van der Waals surface area contributed by atoms with E-state index in [4.69, 9.17) is 4.74 Å². The number of aromatic nitrogens is 2. The fourth-order valence-corrected chi connectivity index (χ4v) is 3.94. The summed E-state index contributed by atoms with van der Waals surface area (Å²) in [7, 11) is 0. The zero-order valence-corrected chi connectivity index (χ0v) is 17.3. The molecule has 0 saturated carbocycles. The van der Waals surface area contributed by atoms with E-state index in [-0.39, 0.29) is 12.0 Å². The molecular formula is C25H27N3O2. The summed E-state index contributed by atoms with van der Waals surface area (Å²) < 4.78 is 7.49. The Hall–Kier alpha value is -3.34. The molecule has 0 aliphatic heterocycles. The number of rotatable bonds is 8. The summed E-state index contributed by atoms with van der Waals surface area (Å²) in [5.41, 5.74) is 5.98. The molecule has 0 bridgehead atoms. The lowest BCUT2D eigenvalue weighted by Crippen LogP contribution is -2.26. The van der Waals surface area contributed by atoms with Crippen molar-refractivity contribution in [3.63, 3.8) is 0 Å². The van der Waals surface area contributed by atoms with Crippen molar-refractivity contribution >= 4 is 12.2 Å². The van der Waals surface area contributed by atoms with Gasteiger partial charge in [0.2, 0.25) is 0 Å². The smallest absolute Gasteiger partial charge is 0.407 e. The predicted molar refractivity (Wildman–Crippen MR) is 119 cm³/mol. The van der Waals surface area contributed by atoms with Crippen LogP contribution < -0.4 is 5.32 Å².